The summed E-state index contributed by atoms with van der Waals surface area (Å²) in [4.78, 5) is 127. The number of rotatable bonds is 60. The molecule has 1 amide bonds. The van der Waals surface area contributed by atoms with Crippen molar-refractivity contribution in [3.8, 4) is 0 Å². The number of ether oxygens (including phenoxy) is 4. The van der Waals surface area contributed by atoms with Crippen molar-refractivity contribution >= 4 is 59.6 Å². The molecule has 6 N–H and O–H groups in total. The summed E-state index contributed by atoms with van der Waals surface area (Å²) in [6.45, 7) is 0.120. The van der Waals surface area contributed by atoms with Crippen molar-refractivity contribution < 1.29 is 92.4 Å². The van der Waals surface area contributed by atoms with Crippen LogP contribution < -0.4 is 5.32 Å². The molecule has 0 bridgehead atoms. The van der Waals surface area contributed by atoms with Crippen LogP contribution in [0, 0.1) is 5.41 Å². The Bertz CT molecular complexity index is 1740. The van der Waals surface area contributed by atoms with Crippen LogP contribution in [0.5, 0.6) is 0 Å². The maximum atomic E-state index is 14.1. The molecule has 1 atom stereocenters. The Morgan fingerprint density at radius 1 is 0.405 bits per heavy atom. The molecule has 0 heterocycles. The van der Waals surface area contributed by atoms with Gasteiger partial charge in [0.25, 0.3) is 0 Å². The van der Waals surface area contributed by atoms with Crippen molar-refractivity contribution in [1.82, 2.24) is 20.0 Å². The van der Waals surface area contributed by atoms with Crippen LogP contribution in [0.25, 0.3) is 0 Å². The number of aliphatic carboxylic acids is 5. The Balaban J connectivity index is 5.62. The fourth-order valence-electron chi connectivity index (χ4n) is 9.62. The quantitative estimate of drug-likeness (QED) is 0.0188. The lowest BCUT2D eigenvalue weighted by Crippen LogP contribution is -2.51. The molecule has 0 fully saturated rings. The molecule has 0 saturated carbocycles. The number of hydrogen-bond donors (Lipinski definition) is 6. The number of carboxylic acid groups (broad SMARTS) is 5. The van der Waals surface area contributed by atoms with Gasteiger partial charge in [-0.05, 0) is 32.1 Å². The monoisotopic (exact) mass is 1200 g/mol. The van der Waals surface area contributed by atoms with Crippen molar-refractivity contribution in [3.63, 3.8) is 0 Å². The number of hydrogen-bond acceptors (Lipinski definition) is 17. The summed E-state index contributed by atoms with van der Waals surface area (Å²) in [6, 6.07) is -1.61. The summed E-state index contributed by atoms with van der Waals surface area (Å²) in [7, 11) is 0. The van der Waals surface area contributed by atoms with Crippen molar-refractivity contribution in [2.75, 3.05) is 85.3 Å². The van der Waals surface area contributed by atoms with Gasteiger partial charge >= 0.3 is 53.7 Å². The van der Waals surface area contributed by atoms with Crippen molar-refractivity contribution in [2.45, 2.75) is 239 Å². The molecule has 0 radical (unpaired) electrons. The van der Waals surface area contributed by atoms with Crippen molar-refractivity contribution in [2.24, 2.45) is 5.41 Å². The minimum absolute atomic E-state index is 0.117. The Kier molecular flexibility index (Phi) is 48.6. The minimum Gasteiger partial charge on any atom is -0.480 e. The van der Waals surface area contributed by atoms with Crippen LogP contribution in [-0.4, -0.2) is 191 Å². The Hall–Kier alpha value is -5.42. The van der Waals surface area contributed by atoms with Gasteiger partial charge in [-0.1, -0.05) is 174 Å². The molecule has 1 unspecified atom stereocenters. The minimum atomic E-state index is -1.74. The molecular formula is C61H108N4O19. The lowest BCUT2D eigenvalue weighted by atomic mass is 9.89. The molecule has 0 rings (SSSR count). The average Bonchev–Trinajstić information content (AvgIpc) is 3.55. The number of carbonyl (C=O) groups is 10. The van der Waals surface area contributed by atoms with E-state index in [0.29, 0.717) is 38.5 Å². The van der Waals surface area contributed by atoms with E-state index in [1.54, 1.807) is 0 Å². The highest BCUT2D eigenvalue weighted by Crippen LogP contribution is 2.23. The predicted octanol–water partition coefficient (Wildman–Crippen LogP) is 8.89. The number of unbranched alkanes of at least 4 members (excludes halogenated alkanes) is 27. The third kappa shape index (κ3) is 45.9. The van der Waals surface area contributed by atoms with Gasteiger partial charge in [-0.25, -0.2) is 0 Å². The van der Waals surface area contributed by atoms with Crippen LogP contribution in [0.3, 0.4) is 0 Å². The molecular weight excluding hydrogens is 1090 g/mol. The fourth-order valence-corrected chi connectivity index (χ4v) is 9.62. The van der Waals surface area contributed by atoms with E-state index in [0.717, 1.165) is 61.2 Å². The Labute approximate surface area is 500 Å². The zero-order valence-electron chi connectivity index (χ0n) is 51.4. The highest BCUT2D eigenvalue weighted by atomic mass is 16.6. The number of nitrogens with one attached hydrogen (secondary N) is 1. The number of nitrogens with zero attached hydrogens (tertiary/aromatic N) is 3. The lowest BCUT2D eigenvalue weighted by Gasteiger charge is -2.32. The van der Waals surface area contributed by atoms with Crippen LogP contribution in [0.15, 0.2) is 0 Å². The van der Waals surface area contributed by atoms with Crippen LogP contribution in [0.4, 0.5) is 0 Å². The van der Waals surface area contributed by atoms with E-state index < -0.39 is 124 Å². The highest BCUT2D eigenvalue weighted by Gasteiger charge is 2.43. The summed E-state index contributed by atoms with van der Waals surface area (Å²) in [5, 5.41) is 50.2. The van der Waals surface area contributed by atoms with Crippen LogP contribution in [0.2, 0.25) is 0 Å². The van der Waals surface area contributed by atoms with Gasteiger partial charge in [-0.3, -0.25) is 62.6 Å². The van der Waals surface area contributed by atoms with E-state index in [1.807, 2.05) is 0 Å². The molecule has 486 valence electrons. The summed E-state index contributed by atoms with van der Waals surface area (Å²) < 4.78 is 22.1. The SMILES string of the molecule is CCCCCCCCCCCCCCCC(=O)OCC(COC(C)=O)(COC(=O)CCCCCCCCCCCCCCC)C(=O)NCCCCCCOC(=O)CC(C(=O)O)N(CCN(CC(=O)O)CC(=O)O)CCN(CC(=O)O)CC(=O)O. The first-order valence-electron chi connectivity index (χ1n) is 31.4. The van der Waals surface area contributed by atoms with Crippen molar-refractivity contribution in [1.29, 1.82) is 0 Å². The molecule has 23 nitrogen and oxygen atoms in total. The number of carbonyl (C=O) groups excluding carboxylic acids is 5. The fraction of sp³-hybridized carbons (Fsp3) is 0.836. The average molecular weight is 1200 g/mol. The lowest BCUT2D eigenvalue weighted by molar-refractivity contribution is -0.167. The third-order valence-electron chi connectivity index (χ3n) is 14.6. The van der Waals surface area contributed by atoms with Gasteiger partial charge in [-0.15, -0.1) is 0 Å². The van der Waals surface area contributed by atoms with E-state index in [9.17, 15) is 73.5 Å². The van der Waals surface area contributed by atoms with E-state index in [2.05, 4.69) is 19.2 Å². The zero-order chi connectivity index (χ0) is 62.6. The Morgan fingerprint density at radius 3 is 1.08 bits per heavy atom. The molecule has 0 aromatic carbocycles. The zero-order valence-corrected chi connectivity index (χ0v) is 51.4. The van der Waals surface area contributed by atoms with Crippen molar-refractivity contribution in [3.05, 3.63) is 0 Å². The highest BCUT2D eigenvalue weighted by molar-refractivity contribution is 5.84. The number of amides is 1. The molecule has 0 saturated heterocycles. The molecule has 0 aliphatic heterocycles. The largest absolute Gasteiger partial charge is 0.480 e. The van der Waals surface area contributed by atoms with Gasteiger partial charge in [0.2, 0.25) is 5.91 Å². The second-order valence-electron chi connectivity index (χ2n) is 22.3. The first kappa shape index (κ1) is 78.6. The van der Waals surface area contributed by atoms with Gasteiger partial charge in [0, 0.05) is 52.5 Å². The van der Waals surface area contributed by atoms with Gasteiger partial charge in [0.15, 0.2) is 5.41 Å². The Morgan fingerprint density at radius 2 is 0.738 bits per heavy atom. The van der Waals surface area contributed by atoms with Crippen LogP contribution in [0.1, 0.15) is 233 Å². The third-order valence-corrected chi connectivity index (χ3v) is 14.6. The summed E-state index contributed by atoms with van der Waals surface area (Å²) in [5.41, 5.74) is -1.74. The summed E-state index contributed by atoms with van der Waals surface area (Å²) >= 11 is 0. The van der Waals surface area contributed by atoms with E-state index in [1.165, 1.54) is 115 Å². The van der Waals surface area contributed by atoms with Crippen LogP contribution in [-0.2, 0) is 66.9 Å². The second kappa shape index (κ2) is 52.0. The molecule has 0 aliphatic carbocycles. The molecule has 0 aromatic rings. The maximum Gasteiger partial charge on any atom is 0.321 e. The van der Waals surface area contributed by atoms with Gasteiger partial charge in [0.1, 0.15) is 25.9 Å². The molecule has 84 heavy (non-hydrogen) atoms. The number of esters is 4. The summed E-state index contributed by atoms with van der Waals surface area (Å²) in [5.74, 6) is -10.2. The number of carboxylic acids is 5. The smallest absolute Gasteiger partial charge is 0.321 e. The topological polar surface area (TPSA) is 331 Å². The molecule has 23 heteroatoms. The van der Waals surface area contributed by atoms with Gasteiger partial charge in [-0.2, -0.15) is 0 Å². The standard InChI is InChI=1S/C61H108N4O19/c1-4-6-8-10-12-14-16-18-20-22-24-26-30-34-56(75)83-48-61(47-82-50(3)66,49-84-57(76)35-31-27-25-23-21-19-17-15-13-11-9-7-5-2)60(80)62-36-32-28-29-33-41-81-58(77)42-51(59(78)79)65(39-37-63(43-52(67)68)44-53(69)70)40-38-64(45-54(71)72)46-55(73)74/h51H,4-49H2,1-3H3,(H,62,80)(H,67,68)(H,69,70)(H,71,72)(H,73,74)(H,78,79). The molecule has 0 aliphatic rings. The summed E-state index contributed by atoms with van der Waals surface area (Å²) in [6.07, 6.45) is 31.0. The first-order chi connectivity index (χ1) is 40.2. The molecule has 0 aromatic heterocycles. The second-order valence-corrected chi connectivity index (χ2v) is 22.3. The van der Waals surface area contributed by atoms with E-state index >= 15 is 0 Å². The predicted molar refractivity (Wildman–Crippen MR) is 315 cm³/mol. The maximum absolute atomic E-state index is 14.1. The van der Waals surface area contributed by atoms with Gasteiger partial charge in [0.05, 0.1) is 39.2 Å². The van der Waals surface area contributed by atoms with Crippen LogP contribution >= 0.6 is 0 Å². The van der Waals surface area contributed by atoms with Gasteiger partial charge < -0.3 is 49.8 Å². The first-order valence-corrected chi connectivity index (χ1v) is 31.4. The van der Waals surface area contributed by atoms with E-state index in [4.69, 9.17) is 18.9 Å². The van der Waals surface area contributed by atoms with E-state index in [-0.39, 0.29) is 52.2 Å². The molecule has 0 spiro atoms. The normalized spacial score (nSPS) is 11.8.